The van der Waals surface area contributed by atoms with Gasteiger partial charge in [0, 0.05) is 0 Å². The first-order valence-electron chi connectivity index (χ1n) is 0.565. The molecule has 0 bridgehead atoms. The smallest absolute Gasteiger partial charge is 0.254 e. The van der Waals surface area contributed by atoms with Crippen LogP contribution in [0.2, 0.25) is 0 Å². The average molecular weight is 100 g/mol. The van der Waals surface area contributed by atoms with Crippen LogP contribution in [0.1, 0.15) is 0 Å². The molecule has 0 aliphatic rings. The lowest BCUT2D eigenvalue weighted by molar-refractivity contribution is 0.509. The molecule has 0 amide bonds. The van der Waals surface area contributed by atoms with Crippen molar-refractivity contribution in [2.75, 3.05) is 0 Å². The predicted molar refractivity (Wildman–Crippen MR) is 16.6 cm³/mol. The molecule has 4 nitrogen and oxygen atoms in total. The van der Waals surface area contributed by atoms with Crippen molar-refractivity contribution in [3.05, 3.63) is 0 Å². The maximum absolute atomic E-state index is 8.59. The minimum atomic E-state index is -3.12. The minimum absolute atomic E-state index is 0. The molecule has 0 aromatic heterocycles. The Morgan fingerprint density at radius 2 is 1.40 bits per heavy atom. The zero-order valence-corrected chi connectivity index (χ0v) is 3.11. The second-order valence-electron chi connectivity index (χ2n) is 0.238. The molecule has 0 aromatic rings. The van der Waals surface area contributed by atoms with Gasteiger partial charge in [0.2, 0.25) is 0 Å². The summed E-state index contributed by atoms with van der Waals surface area (Å²) >= 11 is 0. The first kappa shape index (κ1) is 8.85. The van der Waals surface area contributed by atoms with Crippen molar-refractivity contribution < 1.29 is 18.4 Å². The van der Waals surface area contributed by atoms with Gasteiger partial charge in [-0.1, -0.05) is 0 Å². The SMILES string of the molecule is O.O=[SH](=O)O. The van der Waals surface area contributed by atoms with E-state index in [-0.39, 0.29) is 5.48 Å². The fraction of sp³-hybridized carbons (Fsp3) is 0. The molecule has 0 unspecified atom stereocenters. The summed E-state index contributed by atoms with van der Waals surface area (Å²) in [6.07, 6.45) is 0. The molecule has 5 heteroatoms. The Kier molecular flexibility index (Phi) is 6.85. The van der Waals surface area contributed by atoms with Gasteiger partial charge in [0.05, 0.1) is 0 Å². The van der Waals surface area contributed by atoms with Gasteiger partial charge in [-0.3, -0.25) is 4.55 Å². The third kappa shape index (κ3) is 801. The molecule has 0 aromatic carbocycles. The Morgan fingerprint density at radius 1 is 1.40 bits per heavy atom. The summed E-state index contributed by atoms with van der Waals surface area (Å²) in [5.74, 6) is 0. The second-order valence-corrected chi connectivity index (χ2v) is 0.714. The van der Waals surface area contributed by atoms with E-state index < -0.39 is 11.0 Å². The Bertz CT molecular complexity index is 52.0. The molecule has 0 saturated carbocycles. The van der Waals surface area contributed by atoms with Gasteiger partial charge >= 0.3 is 0 Å². The first-order chi connectivity index (χ1) is 1.73. The van der Waals surface area contributed by atoms with Crippen LogP contribution in [0.5, 0.6) is 0 Å². The van der Waals surface area contributed by atoms with Crippen LogP contribution in [0.15, 0.2) is 0 Å². The minimum Gasteiger partial charge on any atom is -0.412 e. The molecule has 5 heavy (non-hydrogen) atoms. The maximum Gasteiger partial charge on any atom is 0.254 e. The molecular weight excluding hydrogens is 96.1 g/mol. The van der Waals surface area contributed by atoms with Crippen molar-refractivity contribution in [2.45, 2.75) is 0 Å². The predicted octanol–water partition coefficient (Wildman–Crippen LogP) is -1.75. The van der Waals surface area contributed by atoms with E-state index >= 15 is 0 Å². The van der Waals surface area contributed by atoms with Gasteiger partial charge in [-0.05, 0) is 0 Å². The fourth-order valence-corrected chi connectivity index (χ4v) is 0. The molecule has 0 aliphatic heterocycles. The van der Waals surface area contributed by atoms with Gasteiger partial charge in [0.1, 0.15) is 0 Å². The van der Waals surface area contributed by atoms with Crippen LogP contribution >= 0.6 is 0 Å². The van der Waals surface area contributed by atoms with Gasteiger partial charge in [-0.2, -0.15) is 0 Å². The van der Waals surface area contributed by atoms with Gasteiger partial charge in [-0.25, -0.2) is 8.42 Å². The van der Waals surface area contributed by atoms with Crippen LogP contribution in [0, 0.1) is 0 Å². The van der Waals surface area contributed by atoms with E-state index in [0.29, 0.717) is 0 Å². The number of thiol groups is 1. The van der Waals surface area contributed by atoms with Crippen LogP contribution in [-0.2, 0) is 11.0 Å². The van der Waals surface area contributed by atoms with Crippen molar-refractivity contribution in [3.63, 3.8) is 0 Å². The van der Waals surface area contributed by atoms with E-state index in [1.54, 1.807) is 0 Å². The van der Waals surface area contributed by atoms with Crippen LogP contribution in [0.25, 0.3) is 0 Å². The molecule has 0 radical (unpaired) electrons. The van der Waals surface area contributed by atoms with Crippen LogP contribution in [0.3, 0.4) is 0 Å². The quantitative estimate of drug-likeness (QED) is 0.279. The standard InChI is InChI=1S/H2O3S.H2O/c1-4(2)3;/h4H,(H,1,2,3);1H2. The number of hydrogen-bond acceptors (Lipinski definition) is 2. The largest absolute Gasteiger partial charge is 0.412 e. The van der Waals surface area contributed by atoms with Crippen molar-refractivity contribution in [1.82, 2.24) is 0 Å². The first-order valence-corrected chi connectivity index (χ1v) is 1.70. The Morgan fingerprint density at radius 3 is 1.40 bits per heavy atom. The van der Waals surface area contributed by atoms with E-state index in [4.69, 9.17) is 13.0 Å². The van der Waals surface area contributed by atoms with Crippen molar-refractivity contribution in [1.29, 1.82) is 0 Å². The Labute approximate surface area is 30.5 Å². The van der Waals surface area contributed by atoms with E-state index in [0.717, 1.165) is 0 Å². The molecule has 3 N–H and O–H groups in total. The normalized spacial score (nSPS) is 6.80. The molecular formula is H4O4S. The third-order valence-corrected chi connectivity index (χ3v) is 0. The molecule has 34 valence electrons. The van der Waals surface area contributed by atoms with Crippen molar-refractivity contribution in [3.8, 4) is 0 Å². The zero-order chi connectivity index (χ0) is 3.58. The summed E-state index contributed by atoms with van der Waals surface area (Å²) in [5, 5.41) is 0. The van der Waals surface area contributed by atoms with E-state index in [1.807, 2.05) is 0 Å². The van der Waals surface area contributed by atoms with Crippen molar-refractivity contribution in [2.24, 2.45) is 0 Å². The summed E-state index contributed by atoms with van der Waals surface area (Å²) in [6, 6.07) is 0. The summed E-state index contributed by atoms with van der Waals surface area (Å²) in [7, 11) is -3.12. The molecule has 0 saturated heterocycles. The Balaban J connectivity index is 0. The lowest BCUT2D eigenvalue weighted by Crippen LogP contribution is -1.58. The van der Waals surface area contributed by atoms with Gasteiger partial charge in [-0.15, -0.1) is 0 Å². The number of rotatable bonds is 0. The third-order valence-electron chi connectivity index (χ3n) is 0. The maximum atomic E-state index is 8.59. The highest BCUT2D eigenvalue weighted by molar-refractivity contribution is 7.66. The monoisotopic (exact) mass is 100.0 g/mol. The van der Waals surface area contributed by atoms with Crippen LogP contribution < -0.4 is 0 Å². The highest BCUT2D eigenvalue weighted by Crippen LogP contribution is 1.27. The topological polar surface area (TPSA) is 85.9 Å². The van der Waals surface area contributed by atoms with Crippen molar-refractivity contribution >= 4 is 11.0 Å². The van der Waals surface area contributed by atoms with E-state index in [9.17, 15) is 0 Å². The summed E-state index contributed by atoms with van der Waals surface area (Å²) in [6.45, 7) is 0. The van der Waals surface area contributed by atoms with Gasteiger partial charge in [0.25, 0.3) is 11.0 Å². The Hall–Kier alpha value is -0.130. The molecule has 0 atom stereocenters. The average Bonchev–Trinajstić information content (AvgIpc) is 0.811. The summed E-state index contributed by atoms with van der Waals surface area (Å²) in [4.78, 5) is 0. The van der Waals surface area contributed by atoms with E-state index in [1.165, 1.54) is 0 Å². The lowest BCUT2D eigenvalue weighted by Gasteiger charge is -1.43. The summed E-state index contributed by atoms with van der Waals surface area (Å²) < 4.78 is 24.2. The number of hydrogen-bond donors (Lipinski definition) is 2. The molecule has 0 fully saturated rings. The summed E-state index contributed by atoms with van der Waals surface area (Å²) in [5.41, 5.74) is 0. The lowest BCUT2D eigenvalue weighted by atomic mass is 15.9. The second kappa shape index (κ2) is 3.87. The van der Waals surface area contributed by atoms with Gasteiger partial charge < -0.3 is 5.48 Å². The van der Waals surface area contributed by atoms with E-state index in [2.05, 4.69) is 0 Å². The fourth-order valence-electron chi connectivity index (χ4n) is 0. The highest BCUT2D eigenvalue weighted by Gasteiger charge is 1.44. The molecule has 0 aliphatic carbocycles. The highest BCUT2D eigenvalue weighted by atomic mass is 32.2. The van der Waals surface area contributed by atoms with Crippen LogP contribution in [-0.4, -0.2) is 18.4 Å². The molecule has 0 heterocycles. The van der Waals surface area contributed by atoms with Crippen LogP contribution in [0.4, 0.5) is 0 Å². The zero-order valence-electron chi connectivity index (χ0n) is 2.21. The molecule has 0 spiro atoms. The van der Waals surface area contributed by atoms with Gasteiger partial charge in [0.15, 0.2) is 0 Å². The molecule has 0 rings (SSSR count).